The van der Waals surface area contributed by atoms with Crippen LogP contribution in [0.2, 0.25) is 0 Å². The number of carbonyl (C=O) groups is 1. The zero-order valence-corrected chi connectivity index (χ0v) is 9.90. The van der Waals surface area contributed by atoms with Gasteiger partial charge in [-0.05, 0) is 0 Å². The number of phenols is 1. The predicted molar refractivity (Wildman–Crippen MR) is 52.8 cm³/mol. The molecule has 4 nitrogen and oxygen atoms in total. The Morgan fingerprint density at radius 3 is 2.71 bits per heavy atom. The fraction of sp³-hybridized carbons (Fsp3) is 0.222. The van der Waals surface area contributed by atoms with Crippen LogP contribution in [0, 0.1) is 0 Å². The summed E-state index contributed by atoms with van der Waals surface area (Å²) in [5, 5.41) is 17.8. The molecule has 14 heavy (non-hydrogen) atoms. The van der Waals surface area contributed by atoms with Crippen molar-refractivity contribution in [3.05, 3.63) is 23.8 Å². The van der Waals surface area contributed by atoms with Crippen molar-refractivity contribution in [2.45, 2.75) is 12.5 Å². The number of nitrogens with two attached hydrogens (primary N) is 1. The molecule has 4 N–H and O–H groups in total. The summed E-state index contributed by atoms with van der Waals surface area (Å²) in [7, 11) is 0. The molecule has 1 aromatic carbocycles. The molecular weight excluding hydrogens is 193 g/mol. The molecule has 0 aliphatic carbocycles. The van der Waals surface area contributed by atoms with Gasteiger partial charge in [-0.3, -0.25) is 0 Å². The fourth-order valence-corrected chi connectivity index (χ4v) is 1.90. The number of carboxylic acid groups (broad SMARTS) is 1. The van der Waals surface area contributed by atoms with Crippen LogP contribution in [0.25, 0.3) is 0 Å². The molecule has 1 rings (SSSR count). The maximum atomic E-state index is 10.5. The van der Waals surface area contributed by atoms with E-state index in [2.05, 4.69) is 0 Å². The van der Waals surface area contributed by atoms with E-state index in [4.69, 9.17) is 15.9 Å². The minimum absolute atomic E-state index is 0.211. The van der Waals surface area contributed by atoms with E-state index in [0.29, 0.717) is 6.42 Å². The molecule has 0 spiro atoms. The Hall–Kier alpha value is -0.550. The molecule has 0 saturated heterocycles. The molecule has 0 unspecified atom stereocenters. The summed E-state index contributed by atoms with van der Waals surface area (Å²) in [6, 6.07) is 4.05. The van der Waals surface area contributed by atoms with Crippen LogP contribution < -0.4 is 8.55 Å². The van der Waals surface area contributed by atoms with E-state index < -0.39 is 12.0 Å². The van der Waals surface area contributed by atoms with E-state index >= 15 is 0 Å². The van der Waals surface area contributed by atoms with Crippen molar-refractivity contribution in [3.8, 4) is 5.75 Å². The Bertz CT molecular complexity index is 354. The van der Waals surface area contributed by atoms with Gasteiger partial charge in [0.1, 0.15) is 0 Å². The van der Waals surface area contributed by atoms with Gasteiger partial charge in [0.2, 0.25) is 0 Å². The van der Waals surface area contributed by atoms with Gasteiger partial charge in [0.25, 0.3) is 0 Å². The van der Waals surface area contributed by atoms with Crippen LogP contribution in [0.3, 0.4) is 0 Å². The van der Waals surface area contributed by atoms with Crippen molar-refractivity contribution in [1.29, 1.82) is 0 Å². The zero-order valence-electron chi connectivity index (χ0n) is 7.90. The summed E-state index contributed by atoms with van der Waals surface area (Å²) >= 11 is 0.767. The third-order valence-corrected chi connectivity index (χ3v) is 3.01. The van der Waals surface area contributed by atoms with E-state index in [1.807, 2.05) is 0 Å². The average Bonchev–Trinajstić information content (AvgIpc) is 2.09. The quantitative estimate of drug-likeness (QED) is 0.558. The number of aliphatic carboxylic acids is 1. The molecule has 0 radical (unpaired) electrons. The van der Waals surface area contributed by atoms with Gasteiger partial charge >= 0.3 is 99.4 Å². The number of carboxylic acids is 1. The minimum atomic E-state index is -1.00. The molecule has 1 aromatic rings. The Balaban J connectivity index is 2.82. The van der Waals surface area contributed by atoms with Crippen LogP contribution in [-0.4, -0.2) is 50.2 Å². The summed E-state index contributed by atoms with van der Waals surface area (Å²) in [6.45, 7) is 0. The van der Waals surface area contributed by atoms with Crippen molar-refractivity contribution in [1.82, 2.24) is 0 Å². The van der Waals surface area contributed by atoms with Crippen LogP contribution in [0.1, 0.15) is 5.56 Å². The monoisotopic (exact) mass is 203 g/mol. The van der Waals surface area contributed by atoms with E-state index in [0.717, 1.165) is 36.3 Å². The number of benzene rings is 1. The molecule has 70 valence electrons. The van der Waals surface area contributed by atoms with Crippen molar-refractivity contribution in [2.75, 3.05) is 0 Å². The van der Waals surface area contributed by atoms with Gasteiger partial charge in [-0.25, -0.2) is 0 Å². The fourth-order valence-electron chi connectivity index (χ4n) is 1.23. The van der Waals surface area contributed by atoms with Gasteiger partial charge in [-0.1, -0.05) is 0 Å². The number of hydrogen-bond donors (Lipinski definition) is 3. The second-order valence-electron chi connectivity index (χ2n) is 3.26. The second kappa shape index (κ2) is 4.79. The molecule has 1 atom stereocenters. The second-order valence-corrected chi connectivity index (χ2v) is 4.34. The first kappa shape index (κ1) is 11.5. The first-order chi connectivity index (χ1) is 6.50. The summed E-state index contributed by atoms with van der Waals surface area (Å²) in [4.78, 5) is 10.5. The number of hydrogen-bond acceptors (Lipinski definition) is 3. The van der Waals surface area contributed by atoms with Gasteiger partial charge in [0.15, 0.2) is 0 Å². The summed E-state index contributed by atoms with van der Waals surface area (Å²) in [6.07, 6.45) is 0.314. The number of aromatic hydroxyl groups is 1. The molecule has 0 aromatic heterocycles. The maximum absolute atomic E-state index is 10.5. The molecule has 0 fully saturated rings. The summed E-state index contributed by atoms with van der Waals surface area (Å²) in [5.41, 5.74) is 6.32. The van der Waals surface area contributed by atoms with Gasteiger partial charge < -0.3 is 0 Å². The Kier molecular flexibility index (Phi) is 3.95. The topological polar surface area (TPSA) is 83.5 Å². The van der Waals surface area contributed by atoms with Gasteiger partial charge in [-0.15, -0.1) is 0 Å². The van der Waals surface area contributed by atoms with Crippen molar-refractivity contribution in [3.63, 3.8) is 0 Å². The van der Waals surface area contributed by atoms with E-state index in [-0.39, 0.29) is 5.75 Å². The standard InChI is InChI=1S/C9H10NO3.Na/c10-8(9(12)13)5-6-1-3-7(11)4-2-6;/h1,3-4,8,11H,5,10H2,(H,12,13);/t8-;/m0./s1. The normalized spacial score (nSPS) is 12.5. The Labute approximate surface area is 99.1 Å². The van der Waals surface area contributed by atoms with Crippen LogP contribution in [0.4, 0.5) is 0 Å². The third-order valence-electron chi connectivity index (χ3n) is 2.08. The number of phenolic OH excluding ortho intramolecular Hbond substituents is 1. The van der Waals surface area contributed by atoms with Crippen LogP contribution in [0.15, 0.2) is 18.2 Å². The Morgan fingerprint density at radius 1 is 1.57 bits per heavy atom. The van der Waals surface area contributed by atoms with Crippen LogP contribution >= 0.6 is 0 Å². The molecule has 0 aliphatic heterocycles. The van der Waals surface area contributed by atoms with Gasteiger partial charge in [0.05, 0.1) is 0 Å². The summed E-state index contributed by atoms with van der Waals surface area (Å²) in [5.74, 6) is -0.790. The molecule has 5 heteroatoms. The van der Waals surface area contributed by atoms with Crippen molar-refractivity contribution < 1.29 is 15.0 Å². The summed E-state index contributed by atoms with van der Waals surface area (Å²) < 4.78 is 0.988. The zero-order chi connectivity index (χ0) is 10.7. The number of rotatable bonds is 3. The van der Waals surface area contributed by atoms with E-state index in [1.165, 1.54) is 0 Å². The van der Waals surface area contributed by atoms with Crippen LogP contribution in [0.5, 0.6) is 5.75 Å². The van der Waals surface area contributed by atoms with Crippen molar-refractivity contribution in [2.24, 2.45) is 5.73 Å². The van der Waals surface area contributed by atoms with Gasteiger partial charge in [-0.2, -0.15) is 0 Å². The predicted octanol–water partition coefficient (Wildman–Crippen LogP) is -0.860. The molecule has 0 amide bonds. The molecule has 0 heterocycles. The first-order valence-electron chi connectivity index (χ1n) is 4.27. The molecule has 0 bridgehead atoms. The van der Waals surface area contributed by atoms with Gasteiger partial charge in [0, 0.05) is 0 Å². The third kappa shape index (κ3) is 2.99. The molecular formula is C9H10NNaO3. The van der Waals surface area contributed by atoms with E-state index in [9.17, 15) is 4.79 Å². The molecule has 0 aliphatic rings. The molecule has 0 saturated carbocycles. The first-order valence-corrected chi connectivity index (χ1v) is 5.27. The van der Waals surface area contributed by atoms with Crippen LogP contribution in [-0.2, 0) is 11.2 Å². The average molecular weight is 203 g/mol. The SMILES string of the molecule is N[C@@H](Cc1ccc(O)c[c]1[Na])C(=O)O. The van der Waals surface area contributed by atoms with Crippen molar-refractivity contribution >= 4 is 36.7 Å². The Morgan fingerprint density at radius 2 is 2.21 bits per heavy atom. The van der Waals surface area contributed by atoms with E-state index in [1.54, 1.807) is 18.2 Å².